The summed E-state index contributed by atoms with van der Waals surface area (Å²) in [6, 6.07) is 14.9. The summed E-state index contributed by atoms with van der Waals surface area (Å²) in [5, 5.41) is 16.4. The highest BCUT2D eigenvalue weighted by molar-refractivity contribution is 6.25. The first-order valence-electron chi connectivity index (χ1n) is 17.9. The fraction of sp³-hybridized carbons (Fsp3) is 0.316. The molecule has 0 bridgehead atoms. The van der Waals surface area contributed by atoms with Crippen molar-refractivity contribution in [3.05, 3.63) is 83.3 Å². The summed E-state index contributed by atoms with van der Waals surface area (Å²) in [5.41, 5.74) is 4.56. The van der Waals surface area contributed by atoms with Crippen LogP contribution >= 0.6 is 0 Å². The minimum absolute atomic E-state index is 0.0475. The van der Waals surface area contributed by atoms with Crippen molar-refractivity contribution in [2.24, 2.45) is 13.0 Å². The van der Waals surface area contributed by atoms with Gasteiger partial charge in [-0.1, -0.05) is 6.07 Å². The molecule has 0 aliphatic carbocycles. The summed E-state index contributed by atoms with van der Waals surface area (Å²) in [6.07, 6.45) is 3.12. The van der Waals surface area contributed by atoms with E-state index in [2.05, 4.69) is 36.2 Å². The highest BCUT2D eigenvalue weighted by Gasteiger charge is 2.45. The second-order valence-corrected chi connectivity index (χ2v) is 14.0. The number of aryl methyl sites for hydroxylation is 1. The molecule has 0 radical (unpaired) electrons. The van der Waals surface area contributed by atoms with Crippen LogP contribution < -0.4 is 21.3 Å². The summed E-state index contributed by atoms with van der Waals surface area (Å²) in [7, 11) is 1.86. The van der Waals surface area contributed by atoms with Gasteiger partial charge >= 0.3 is 0 Å². The van der Waals surface area contributed by atoms with E-state index in [1.165, 1.54) is 6.07 Å². The van der Waals surface area contributed by atoms with E-state index in [1.807, 2.05) is 37.4 Å². The number of imidazole rings is 1. The van der Waals surface area contributed by atoms with Gasteiger partial charge in [-0.15, -0.1) is 0 Å². The van der Waals surface area contributed by atoms with Crippen molar-refractivity contribution in [1.29, 1.82) is 0 Å². The Morgan fingerprint density at radius 2 is 1.85 bits per heavy atom. The van der Waals surface area contributed by atoms with Crippen molar-refractivity contribution in [3.63, 3.8) is 0 Å². The van der Waals surface area contributed by atoms with E-state index in [4.69, 9.17) is 4.98 Å². The smallest absolute Gasteiger partial charge is 0.264 e. The monoisotopic (exact) mass is 730 g/mol. The zero-order valence-electron chi connectivity index (χ0n) is 29.5. The van der Waals surface area contributed by atoms with E-state index in [1.54, 1.807) is 29.1 Å². The van der Waals surface area contributed by atoms with Crippen LogP contribution in [0.1, 0.15) is 62.6 Å². The number of anilines is 2. The van der Waals surface area contributed by atoms with Crippen molar-refractivity contribution in [1.82, 2.24) is 40.2 Å². The van der Waals surface area contributed by atoms with E-state index in [0.717, 1.165) is 52.2 Å². The van der Waals surface area contributed by atoms with Crippen LogP contribution in [0.2, 0.25) is 0 Å². The largest absolute Gasteiger partial charge is 0.383 e. The molecule has 276 valence electrons. The van der Waals surface area contributed by atoms with E-state index >= 15 is 0 Å². The van der Waals surface area contributed by atoms with Crippen molar-refractivity contribution in [2.75, 3.05) is 36.8 Å². The molecule has 0 spiro atoms. The Morgan fingerprint density at radius 1 is 0.981 bits per heavy atom. The molecule has 2 aromatic heterocycles. The number of hydrogen-bond acceptors (Lipinski definition) is 10. The number of H-pyrrole nitrogens is 1. The zero-order chi connectivity index (χ0) is 37.5. The van der Waals surface area contributed by atoms with E-state index < -0.39 is 29.7 Å². The number of amides is 6. The molecule has 5 aromatic rings. The van der Waals surface area contributed by atoms with E-state index in [-0.39, 0.29) is 41.7 Å². The summed E-state index contributed by atoms with van der Waals surface area (Å²) < 4.78 is 1.76. The second-order valence-electron chi connectivity index (χ2n) is 14.0. The first kappa shape index (κ1) is 34.7. The lowest BCUT2D eigenvalue weighted by atomic mass is 10.0. The van der Waals surface area contributed by atoms with Gasteiger partial charge in [-0.05, 0) is 73.8 Å². The van der Waals surface area contributed by atoms with E-state index in [0.29, 0.717) is 43.0 Å². The molecule has 3 aliphatic rings. The van der Waals surface area contributed by atoms with Crippen LogP contribution in [0.4, 0.5) is 11.4 Å². The number of piperidine rings is 1. The number of aromatic nitrogens is 4. The van der Waals surface area contributed by atoms with E-state index in [9.17, 15) is 28.8 Å². The fourth-order valence-corrected chi connectivity index (χ4v) is 7.55. The predicted molar refractivity (Wildman–Crippen MR) is 197 cm³/mol. The third-order valence-corrected chi connectivity index (χ3v) is 10.2. The summed E-state index contributed by atoms with van der Waals surface area (Å²) in [4.78, 5) is 87.5. The third-order valence-electron chi connectivity index (χ3n) is 10.2. The molecule has 54 heavy (non-hydrogen) atoms. The number of carbonyl (C=O) groups excluding carboxylic acids is 6. The molecule has 3 aromatic carbocycles. The van der Waals surface area contributed by atoms with Crippen LogP contribution in [-0.4, -0.2) is 97.2 Å². The van der Waals surface area contributed by atoms with Gasteiger partial charge in [0.2, 0.25) is 17.7 Å². The van der Waals surface area contributed by atoms with Crippen molar-refractivity contribution < 1.29 is 28.8 Å². The average Bonchev–Trinajstić information content (AvgIpc) is 3.92. The van der Waals surface area contributed by atoms with Crippen LogP contribution in [-0.2, 0) is 28.0 Å². The minimum Gasteiger partial charge on any atom is -0.383 e. The highest BCUT2D eigenvalue weighted by Crippen LogP contribution is 2.32. The third kappa shape index (κ3) is 6.78. The molecule has 2 atom stereocenters. The molecule has 5 N–H and O–H groups in total. The van der Waals surface area contributed by atoms with Gasteiger partial charge in [0.05, 0.1) is 40.4 Å². The SMILES string of the molecule is Cn1ncc2cc(C(=O)Nc3ccc4[nH]c(CN5CCC(CC(=O)NCCNc6cccc7c6C(=O)N(C6CCC(=O)NC6=O)C7=O)C5)nc4c3)ccc21. The molecule has 8 rings (SSSR count). The van der Waals surface area contributed by atoms with Gasteiger partial charge in [0.15, 0.2) is 0 Å². The molecule has 0 saturated carbocycles. The lowest BCUT2D eigenvalue weighted by Gasteiger charge is -2.27. The first-order valence-corrected chi connectivity index (χ1v) is 17.9. The van der Waals surface area contributed by atoms with Gasteiger partial charge in [-0.2, -0.15) is 5.10 Å². The number of carbonyl (C=O) groups is 6. The van der Waals surface area contributed by atoms with Crippen LogP contribution in [0.25, 0.3) is 21.9 Å². The Bertz CT molecular complexity index is 2360. The summed E-state index contributed by atoms with van der Waals surface area (Å²) in [5.74, 6) is -1.54. The van der Waals surface area contributed by atoms with Gasteiger partial charge in [0, 0.05) is 61.8 Å². The molecule has 16 nitrogen and oxygen atoms in total. The van der Waals surface area contributed by atoms with Gasteiger partial charge < -0.3 is 20.9 Å². The lowest BCUT2D eigenvalue weighted by Crippen LogP contribution is -2.54. The van der Waals surface area contributed by atoms with Gasteiger partial charge in [-0.25, -0.2) is 4.98 Å². The number of imide groups is 2. The van der Waals surface area contributed by atoms with Crippen molar-refractivity contribution in [3.8, 4) is 0 Å². The Hall–Kier alpha value is -6.42. The number of rotatable bonds is 11. The number of benzene rings is 3. The topological polar surface area (TPSA) is 204 Å². The van der Waals surface area contributed by atoms with Crippen LogP contribution in [0.3, 0.4) is 0 Å². The second kappa shape index (κ2) is 14.2. The Kier molecular flexibility index (Phi) is 9.11. The van der Waals surface area contributed by atoms with Gasteiger partial charge in [-0.3, -0.25) is 48.6 Å². The van der Waals surface area contributed by atoms with Gasteiger partial charge in [0.25, 0.3) is 17.7 Å². The molecular formula is C38H38N10O6. The molecule has 2 unspecified atom stereocenters. The standard InChI is InChI=1S/C38H38N10O6/c1-46-29-8-5-22(16-23(29)18-41-46)35(51)42-24-6-7-26-28(17-24)44-31(43-26)20-47-14-11-21(19-47)15-33(50)40-13-12-39-27-4-2-3-25-34(27)38(54)48(37(25)53)30-9-10-32(49)45-36(30)52/h2-8,16-18,21,30,39H,9-15,19-20H2,1H3,(H,40,50)(H,42,51)(H,43,44)(H,45,49,52). The Morgan fingerprint density at radius 3 is 2.70 bits per heavy atom. The summed E-state index contributed by atoms with van der Waals surface area (Å²) in [6.45, 7) is 2.81. The Labute approximate surface area is 308 Å². The first-order chi connectivity index (χ1) is 26.1. The lowest BCUT2D eigenvalue weighted by molar-refractivity contribution is -0.136. The number of nitrogens with zero attached hydrogens (tertiary/aromatic N) is 5. The maximum absolute atomic E-state index is 13.3. The van der Waals surface area contributed by atoms with Crippen LogP contribution in [0.15, 0.2) is 60.8 Å². The molecule has 2 fully saturated rings. The number of fused-ring (bicyclic) bond motifs is 3. The number of likely N-dealkylation sites (tertiary alicyclic amines) is 1. The highest BCUT2D eigenvalue weighted by atomic mass is 16.2. The molecular weight excluding hydrogens is 692 g/mol. The number of nitrogens with one attached hydrogen (secondary N) is 5. The minimum atomic E-state index is -1.04. The van der Waals surface area contributed by atoms with Crippen LogP contribution in [0.5, 0.6) is 0 Å². The molecule has 16 heteroatoms. The maximum atomic E-state index is 13.3. The Balaban J connectivity index is 0.792. The van der Waals surface area contributed by atoms with Crippen molar-refractivity contribution in [2.45, 2.75) is 38.3 Å². The maximum Gasteiger partial charge on any atom is 0.264 e. The van der Waals surface area contributed by atoms with Gasteiger partial charge in [0.1, 0.15) is 11.9 Å². The molecule has 3 aliphatic heterocycles. The van der Waals surface area contributed by atoms with Crippen molar-refractivity contribution >= 4 is 68.8 Å². The predicted octanol–water partition coefficient (Wildman–Crippen LogP) is 2.54. The number of hydrogen-bond donors (Lipinski definition) is 5. The molecule has 2 saturated heterocycles. The number of aromatic amines is 1. The zero-order valence-corrected chi connectivity index (χ0v) is 29.5. The average molecular weight is 731 g/mol. The molecule has 6 amide bonds. The quantitative estimate of drug-likeness (QED) is 0.0993. The fourth-order valence-electron chi connectivity index (χ4n) is 7.55. The van der Waals surface area contributed by atoms with Crippen LogP contribution in [0, 0.1) is 5.92 Å². The normalized spacial score (nSPS) is 18.7. The molecule has 5 heterocycles. The summed E-state index contributed by atoms with van der Waals surface area (Å²) >= 11 is 0.